The van der Waals surface area contributed by atoms with E-state index >= 15 is 0 Å². The van der Waals surface area contributed by atoms with Gasteiger partial charge >= 0.3 is 0 Å². The van der Waals surface area contributed by atoms with Crippen LogP contribution in [0.3, 0.4) is 0 Å². The summed E-state index contributed by atoms with van der Waals surface area (Å²) >= 11 is 1.69. The summed E-state index contributed by atoms with van der Waals surface area (Å²) in [5, 5.41) is 5.43. The number of rotatable bonds is 4. The van der Waals surface area contributed by atoms with Gasteiger partial charge in [-0.3, -0.25) is 4.79 Å². The van der Waals surface area contributed by atoms with E-state index in [4.69, 9.17) is 0 Å². The number of nitrogens with one attached hydrogen (secondary N) is 3. The van der Waals surface area contributed by atoms with E-state index in [1.165, 1.54) is 21.2 Å². The molecule has 0 bridgehead atoms. The summed E-state index contributed by atoms with van der Waals surface area (Å²) in [5.41, 5.74) is 8.47. The first kappa shape index (κ1) is 17.1. The van der Waals surface area contributed by atoms with Crippen molar-refractivity contribution < 1.29 is 4.79 Å². The highest BCUT2D eigenvalue weighted by Gasteiger charge is 2.30. The predicted molar refractivity (Wildman–Crippen MR) is 108 cm³/mol. The fourth-order valence-corrected chi connectivity index (χ4v) is 3.80. The van der Waals surface area contributed by atoms with E-state index in [0.29, 0.717) is 6.42 Å². The van der Waals surface area contributed by atoms with Gasteiger partial charge in [0, 0.05) is 16.6 Å². The number of hydrogen-bond donors (Lipinski definition) is 3. The van der Waals surface area contributed by atoms with Crippen LogP contribution in [0.15, 0.2) is 71.6 Å². The summed E-state index contributed by atoms with van der Waals surface area (Å²) in [5.74, 6) is -0.0165. The van der Waals surface area contributed by atoms with Gasteiger partial charge in [0.15, 0.2) is 0 Å². The van der Waals surface area contributed by atoms with E-state index in [9.17, 15) is 4.79 Å². The molecule has 3 N–H and O–H groups in total. The molecule has 5 heteroatoms. The molecule has 2 unspecified atom stereocenters. The molecule has 1 aliphatic heterocycles. The van der Waals surface area contributed by atoms with Crippen molar-refractivity contribution in [2.24, 2.45) is 0 Å². The highest BCUT2D eigenvalue weighted by Crippen LogP contribution is 2.29. The van der Waals surface area contributed by atoms with Crippen molar-refractivity contribution in [3.63, 3.8) is 0 Å². The standard InChI is InChI=1S/C21H21N3OS/c1-26-16-11-9-15(10-12-16)22-21(25)20-13-19(23-24-20)18-8-4-6-14-5-2-3-7-17(14)18/h2-12,19-20,23-24H,13H2,1H3,(H,22,25). The van der Waals surface area contributed by atoms with Gasteiger partial charge in [0.2, 0.25) is 5.91 Å². The van der Waals surface area contributed by atoms with Gasteiger partial charge in [-0.2, -0.15) is 0 Å². The van der Waals surface area contributed by atoms with E-state index in [2.05, 4.69) is 52.6 Å². The van der Waals surface area contributed by atoms with Crippen LogP contribution in [0.4, 0.5) is 5.69 Å². The third-order valence-corrected chi connectivity index (χ3v) is 5.52. The maximum Gasteiger partial charge on any atom is 0.242 e. The number of thioether (sulfide) groups is 1. The zero-order valence-electron chi connectivity index (χ0n) is 14.5. The lowest BCUT2D eigenvalue weighted by molar-refractivity contribution is -0.117. The first-order valence-electron chi connectivity index (χ1n) is 8.68. The highest BCUT2D eigenvalue weighted by molar-refractivity contribution is 7.98. The van der Waals surface area contributed by atoms with Crippen molar-refractivity contribution in [1.82, 2.24) is 10.9 Å². The minimum absolute atomic E-state index is 0.0165. The van der Waals surface area contributed by atoms with Crippen LogP contribution in [-0.2, 0) is 4.79 Å². The molecule has 0 aromatic heterocycles. The van der Waals surface area contributed by atoms with Crippen molar-refractivity contribution in [2.75, 3.05) is 11.6 Å². The predicted octanol–water partition coefficient (Wildman–Crippen LogP) is 4.11. The molecule has 0 saturated carbocycles. The molecule has 2 atom stereocenters. The molecule has 0 radical (unpaired) electrons. The summed E-state index contributed by atoms with van der Waals surface area (Å²) in [4.78, 5) is 13.8. The Labute approximate surface area is 157 Å². The Kier molecular flexibility index (Phi) is 4.93. The van der Waals surface area contributed by atoms with E-state index < -0.39 is 0 Å². The zero-order valence-corrected chi connectivity index (χ0v) is 15.3. The van der Waals surface area contributed by atoms with E-state index in [1.54, 1.807) is 11.8 Å². The monoisotopic (exact) mass is 363 g/mol. The van der Waals surface area contributed by atoms with Crippen LogP contribution >= 0.6 is 11.8 Å². The fourth-order valence-electron chi connectivity index (χ4n) is 3.39. The Bertz CT molecular complexity index is 921. The van der Waals surface area contributed by atoms with Crippen molar-refractivity contribution in [1.29, 1.82) is 0 Å². The largest absolute Gasteiger partial charge is 0.325 e. The van der Waals surface area contributed by atoms with Crippen LogP contribution in [-0.4, -0.2) is 18.2 Å². The third kappa shape index (κ3) is 3.46. The average Bonchev–Trinajstić information content (AvgIpc) is 3.18. The maximum atomic E-state index is 12.6. The lowest BCUT2D eigenvalue weighted by Crippen LogP contribution is -2.39. The van der Waals surface area contributed by atoms with Crippen LogP contribution in [0.25, 0.3) is 10.8 Å². The number of benzene rings is 3. The number of amides is 1. The van der Waals surface area contributed by atoms with E-state index in [1.807, 2.05) is 36.6 Å². The van der Waals surface area contributed by atoms with E-state index in [0.717, 1.165) is 5.69 Å². The van der Waals surface area contributed by atoms with Crippen molar-refractivity contribution in [2.45, 2.75) is 23.4 Å². The van der Waals surface area contributed by atoms with Crippen molar-refractivity contribution in [3.8, 4) is 0 Å². The highest BCUT2D eigenvalue weighted by atomic mass is 32.2. The Morgan fingerprint density at radius 1 is 1.00 bits per heavy atom. The molecule has 4 nitrogen and oxygen atoms in total. The first-order valence-corrected chi connectivity index (χ1v) is 9.91. The molecule has 132 valence electrons. The molecule has 1 fully saturated rings. The fraction of sp³-hybridized carbons (Fsp3) is 0.190. The summed E-state index contributed by atoms with van der Waals surface area (Å²) in [6.07, 6.45) is 2.75. The second-order valence-electron chi connectivity index (χ2n) is 6.42. The van der Waals surface area contributed by atoms with Gasteiger partial charge in [-0.15, -0.1) is 11.8 Å². The quantitative estimate of drug-likeness (QED) is 0.611. The number of carbonyl (C=O) groups is 1. The second-order valence-corrected chi connectivity index (χ2v) is 7.30. The number of fused-ring (bicyclic) bond motifs is 1. The van der Waals surface area contributed by atoms with Gasteiger partial charge < -0.3 is 5.32 Å². The van der Waals surface area contributed by atoms with E-state index in [-0.39, 0.29) is 18.0 Å². The molecule has 0 spiro atoms. The molecule has 3 aromatic carbocycles. The van der Waals surface area contributed by atoms with Crippen LogP contribution in [0.2, 0.25) is 0 Å². The first-order chi connectivity index (χ1) is 12.7. The molecule has 4 rings (SSSR count). The smallest absolute Gasteiger partial charge is 0.242 e. The molecular formula is C21H21N3OS. The minimum Gasteiger partial charge on any atom is -0.325 e. The topological polar surface area (TPSA) is 53.2 Å². The molecule has 1 amide bonds. The Hall–Kier alpha value is -2.34. The molecule has 1 saturated heterocycles. The summed E-state index contributed by atoms with van der Waals surface area (Å²) < 4.78 is 0. The number of hydrogen-bond acceptors (Lipinski definition) is 4. The van der Waals surface area contributed by atoms with Crippen LogP contribution in [0, 0.1) is 0 Å². The maximum absolute atomic E-state index is 12.6. The van der Waals surface area contributed by atoms with Gasteiger partial charge in [0.25, 0.3) is 0 Å². The summed E-state index contributed by atoms with van der Waals surface area (Å²) in [6, 6.07) is 22.4. The van der Waals surface area contributed by atoms with Gasteiger partial charge in [0.1, 0.15) is 6.04 Å². The van der Waals surface area contributed by atoms with Crippen LogP contribution < -0.4 is 16.2 Å². The minimum atomic E-state index is -0.265. The molecular weight excluding hydrogens is 342 g/mol. The van der Waals surface area contributed by atoms with Gasteiger partial charge in [-0.05, 0) is 53.3 Å². The SMILES string of the molecule is CSc1ccc(NC(=O)C2CC(c3cccc4ccccc34)NN2)cc1. The average molecular weight is 363 g/mol. The zero-order chi connectivity index (χ0) is 17.9. The second kappa shape index (κ2) is 7.50. The molecule has 0 aliphatic carbocycles. The summed E-state index contributed by atoms with van der Waals surface area (Å²) in [7, 11) is 0. The Balaban J connectivity index is 1.46. The summed E-state index contributed by atoms with van der Waals surface area (Å²) in [6.45, 7) is 0. The Morgan fingerprint density at radius 2 is 1.77 bits per heavy atom. The van der Waals surface area contributed by atoms with Crippen LogP contribution in [0.5, 0.6) is 0 Å². The lowest BCUT2D eigenvalue weighted by Gasteiger charge is -2.13. The van der Waals surface area contributed by atoms with Crippen molar-refractivity contribution >= 4 is 34.1 Å². The number of carbonyl (C=O) groups excluding carboxylic acids is 1. The molecule has 3 aromatic rings. The Morgan fingerprint density at radius 3 is 2.58 bits per heavy atom. The third-order valence-electron chi connectivity index (χ3n) is 4.78. The van der Waals surface area contributed by atoms with Gasteiger partial charge in [-0.25, -0.2) is 10.9 Å². The van der Waals surface area contributed by atoms with Gasteiger partial charge in [0.05, 0.1) is 0 Å². The van der Waals surface area contributed by atoms with Crippen molar-refractivity contribution in [3.05, 3.63) is 72.3 Å². The molecule has 26 heavy (non-hydrogen) atoms. The van der Waals surface area contributed by atoms with Gasteiger partial charge in [-0.1, -0.05) is 42.5 Å². The number of hydrazine groups is 1. The number of anilines is 1. The lowest BCUT2D eigenvalue weighted by atomic mass is 9.96. The molecule has 1 heterocycles. The normalized spacial score (nSPS) is 19.6. The van der Waals surface area contributed by atoms with Crippen LogP contribution in [0.1, 0.15) is 18.0 Å². The molecule has 1 aliphatic rings.